The first kappa shape index (κ1) is 12.9. The topological polar surface area (TPSA) is 84.3 Å². The van der Waals surface area contributed by atoms with Crippen molar-refractivity contribution < 1.29 is 14.1 Å². The summed E-state index contributed by atoms with van der Waals surface area (Å²) in [5.41, 5.74) is -0.375. The summed E-state index contributed by atoms with van der Waals surface area (Å²) in [5.74, 6) is -0.779. The Morgan fingerprint density at radius 1 is 1.41 bits per heavy atom. The summed E-state index contributed by atoms with van der Waals surface area (Å²) in [4.78, 5) is 21.1. The molecule has 0 saturated heterocycles. The molecule has 0 saturated carbocycles. The van der Waals surface area contributed by atoms with Crippen molar-refractivity contribution in [1.82, 2.24) is 5.32 Å². The molecule has 0 heterocycles. The smallest absolute Gasteiger partial charge is 0.319 e. The molecule has 0 radical (unpaired) electrons. The lowest BCUT2D eigenvalue weighted by Crippen LogP contribution is -2.34. The van der Waals surface area contributed by atoms with Gasteiger partial charge < -0.3 is 10.6 Å². The van der Waals surface area contributed by atoms with E-state index in [4.69, 9.17) is 0 Å². The number of amides is 2. The van der Waals surface area contributed by atoms with Gasteiger partial charge in [-0.2, -0.15) is 0 Å². The quantitative estimate of drug-likeness (QED) is 0.628. The summed E-state index contributed by atoms with van der Waals surface area (Å²) < 4.78 is 13.0. The molecule has 0 aliphatic rings. The number of hydrogen-bond donors (Lipinski definition) is 2. The van der Waals surface area contributed by atoms with E-state index in [1.54, 1.807) is 13.8 Å². The number of nitrogens with zero attached hydrogens (tertiary/aromatic N) is 1. The molecule has 0 bridgehead atoms. The summed E-state index contributed by atoms with van der Waals surface area (Å²) >= 11 is 0. The van der Waals surface area contributed by atoms with E-state index < -0.39 is 22.5 Å². The maximum atomic E-state index is 13.0. The van der Waals surface area contributed by atoms with Crippen LogP contribution in [0.5, 0.6) is 0 Å². The minimum Gasteiger partial charge on any atom is -0.336 e. The average molecular weight is 241 g/mol. The fourth-order valence-electron chi connectivity index (χ4n) is 1.18. The zero-order chi connectivity index (χ0) is 13.0. The van der Waals surface area contributed by atoms with E-state index in [9.17, 15) is 19.3 Å². The summed E-state index contributed by atoms with van der Waals surface area (Å²) in [7, 11) is 0. The number of nitro benzene ring substituents is 1. The van der Waals surface area contributed by atoms with Gasteiger partial charge in [-0.3, -0.25) is 10.1 Å². The molecule has 7 heteroatoms. The molecule has 1 aromatic carbocycles. The number of hydrogen-bond acceptors (Lipinski definition) is 3. The first-order valence-electron chi connectivity index (χ1n) is 4.91. The van der Waals surface area contributed by atoms with Crippen molar-refractivity contribution in [3.63, 3.8) is 0 Å². The standard InChI is InChI=1S/C10H12FN3O3/c1-6(2)12-10(15)13-8-3-7(11)4-9(5-8)14(16)17/h3-6H,1-2H3,(H2,12,13,15). The van der Waals surface area contributed by atoms with Crippen molar-refractivity contribution in [2.24, 2.45) is 0 Å². The number of halogens is 1. The molecular formula is C10H12FN3O3. The Hall–Kier alpha value is -2.18. The molecule has 6 nitrogen and oxygen atoms in total. The number of rotatable bonds is 3. The van der Waals surface area contributed by atoms with Gasteiger partial charge in [0.05, 0.1) is 16.7 Å². The van der Waals surface area contributed by atoms with Gasteiger partial charge >= 0.3 is 6.03 Å². The number of urea groups is 1. The maximum Gasteiger partial charge on any atom is 0.319 e. The fourth-order valence-corrected chi connectivity index (χ4v) is 1.18. The Kier molecular flexibility index (Phi) is 3.97. The highest BCUT2D eigenvalue weighted by Gasteiger charge is 2.11. The lowest BCUT2D eigenvalue weighted by atomic mass is 10.2. The number of carbonyl (C=O) groups excluding carboxylic acids is 1. The van der Waals surface area contributed by atoms with E-state index in [2.05, 4.69) is 10.6 Å². The lowest BCUT2D eigenvalue weighted by Gasteiger charge is -2.09. The third kappa shape index (κ3) is 4.06. The second kappa shape index (κ2) is 5.24. The van der Waals surface area contributed by atoms with E-state index in [0.717, 1.165) is 18.2 Å². The van der Waals surface area contributed by atoms with Crippen LogP contribution >= 0.6 is 0 Å². The van der Waals surface area contributed by atoms with Gasteiger partial charge in [0.2, 0.25) is 0 Å². The van der Waals surface area contributed by atoms with Crippen LogP contribution in [0.15, 0.2) is 18.2 Å². The van der Waals surface area contributed by atoms with Crippen LogP contribution in [0.1, 0.15) is 13.8 Å². The van der Waals surface area contributed by atoms with E-state index in [1.807, 2.05) is 0 Å². The number of nitro groups is 1. The van der Waals surface area contributed by atoms with Gasteiger partial charge in [0.25, 0.3) is 5.69 Å². The van der Waals surface area contributed by atoms with Crippen LogP contribution in [0.25, 0.3) is 0 Å². The largest absolute Gasteiger partial charge is 0.336 e. The van der Waals surface area contributed by atoms with Gasteiger partial charge in [-0.15, -0.1) is 0 Å². The molecule has 0 unspecified atom stereocenters. The first-order chi connectivity index (χ1) is 7.88. The van der Waals surface area contributed by atoms with Gasteiger partial charge in [-0.1, -0.05) is 0 Å². The zero-order valence-corrected chi connectivity index (χ0v) is 9.36. The van der Waals surface area contributed by atoms with Gasteiger partial charge in [0.15, 0.2) is 0 Å². The molecule has 0 atom stereocenters. The van der Waals surface area contributed by atoms with E-state index in [0.29, 0.717) is 0 Å². The Morgan fingerprint density at radius 3 is 2.59 bits per heavy atom. The summed E-state index contributed by atoms with van der Waals surface area (Å²) in [5, 5.41) is 15.3. The monoisotopic (exact) mass is 241 g/mol. The molecule has 17 heavy (non-hydrogen) atoms. The Morgan fingerprint density at radius 2 is 2.06 bits per heavy atom. The highest BCUT2D eigenvalue weighted by Crippen LogP contribution is 2.19. The summed E-state index contributed by atoms with van der Waals surface area (Å²) in [6.45, 7) is 3.52. The second-order valence-corrected chi connectivity index (χ2v) is 3.71. The van der Waals surface area contributed by atoms with Crippen molar-refractivity contribution in [1.29, 1.82) is 0 Å². The lowest BCUT2D eigenvalue weighted by molar-refractivity contribution is -0.385. The van der Waals surface area contributed by atoms with Crippen molar-refractivity contribution in [3.8, 4) is 0 Å². The van der Waals surface area contributed by atoms with Crippen molar-refractivity contribution in [2.45, 2.75) is 19.9 Å². The summed E-state index contributed by atoms with van der Waals surface area (Å²) in [6, 6.07) is 2.25. The SMILES string of the molecule is CC(C)NC(=O)Nc1cc(F)cc([N+](=O)[O-])c1. The Labute approximate surface area is 97.0 Å². The van der Waals surface area contributed by atoms with Crippen molar-refractivity contribution >= 4 is 17.4 Å². The summed E-state index contributed by atoms with van der Waals surface area (Å²) in [6.07, 6.45) is 0. The number of anilines is 1. The minimum absolute atomic E-state index is 0.0369. The molecule has 92 valence electrons. The van der Waals surface area contributed by atoms with Gasteiger partial charge in [0.1, 0.15) is 5.82 Å². The molecule has 2 N–H and O–H groups in total. The van der Waals surface area contributed by atoms with Gasteiger partial charge in [-0.05, 0) is 19.9 Å². The fraction of sp³-hybridized carbons (Fsp3) is 0.300. The van der Waals surface area contributed by atoms with Crippen LogP contribution in [0.4, 0.5) is 20.6 Å². The van der Waals surface area contributed by atoms with Crippen molar-refractivity contribution in [2.75, 3.05) is 5.32 Å². The van der Waals surface area contributed by atoms with Crippen LogP contribution in [-0.4, -0.2) is 17.0 Å². The van der Waals surface area contributed by atoms with Crippen molar-refractivity contribution in [3.05, 3.63) is 34.1 Å². The predicted octanol–water partition coefficient (Wildman–Crippen LogP) is 2.26. The predicted molar refractivity (Wildman–Crippen MR) is 60.3 cm³/mol. The van der Waals surface area contributed by atoms with Crippen LogP contribution in [0.3, 0.4) is 0 Å². The molecule has 0 spiro atoms. The molecule has 1 rings (SSSR count). The number of non-ortho nitro benzene ring substituents is 1. The van der Waals surface area contributed by atoms with Gasteiger partial charge in [-0.25, -0.2) is 9.18 Å². The highest BCUT2D eigenvalue weighted by molar-refractivity contribution is 5.89. The average Bonchev–Trinajstić information content (AvgIpc) is 2.14. The molecule has 0 fully saturated rings. The van der Waals surface area contributed by atoms with Gasteiger partial charge in [0, 0.05) is 12.1 Å². The number of carbonyl (C=O) groups is 1. The van der Waals surface area contributed by atoms with Crippen LogP contribution in [0.2, 0.25) is 0 Å². The highest BCUT2D eigenvalue weighted by atomic mass is 19.1. The molecule has 1 aromatic rings. The number of benzene rings is 1. The Balaban J connectivity index is 2.84. The van der Waals surface area contributed by atoms with Crippen LogP contribution in [-0.2, 0) is 0 Å². The first-order valence-corrected chi connectivity index (χ1v) is 4.91. The van der Waals surface area contributed by atoms with E-state index in [-0.39, 0.29) is 11.7 Å². The molecular weight excluding hydrogens is 229 g/mol. The molecule has 0 aliphatic heterocycles. The minimum atomic E-state index is -0.779. The van der Waals surface area contributed by atoms with E-state index in [1.165, 1.54) is 0 Å². The third-order valence-electron chi connectivity index (χ3n) is 1.77. The Bertz CT molecular complexity index is 448. The normalized spacial score (nSPS) is 10.1. The maximum absolute atomic E-state index is 13.0. The molecule has 0 aromatic heterocycles. The third-order valence-corrected chi connectivity index (χ3v) is 1.77. The second-order valence-electron chi connectivity index (χ2n) is 3.71. The molecule has 2 amide bonds. The molecule has 0 aliphatic carbocycles. The van der Waals surface area contributed by atoms with Crippen LogP contribution in [0, 0.1) is 15.9 Å². The number of nitrogens with one attached hydrogen (secondary N) is 2. The zero-order valence-electron chi connectivity index (χ0n) is 9.36. The van der Waals surface area contributed by atoms with E-state index >= 15 is 0 Å². The van der Waals surface area contributed by atoms with Crippen LogP contribution < -0.4 is 10.6 Å².